The van der Waals surface area contributed by atoms with Gasteiger partial charge in [-0.05, 0) is 62.1 Å². The fourth-order valence-corrected chi connectivity index (χ4v) is 4.58. The molecule has 0 aromatic heterocycles. The molecule has 162 valence electrons. The van der Waals surface area contributed by atoms with E-state index in [2.05, 4.69) is 25.5 Å². The summed E-state index contributed by atoms with van der Waals surface area (Å²) in [7, 11) is -2.32. The van der Waals surface area contributed by atoms with Crippen molar-refractivity contribution in [3.63, 3.8) is 0 Å². The third-order valence-corrected chi connectivity index (χ3v) is 7.23. The van der Waals surface area contributed by atoms with E-state index in [4.69, 9.17) is 4.74 Å². The lowest BCUT2D eigenvalue weighted by molar-refractivity contribution is 0.0615. The molecular weight excluding hydrogens is 400 g/mol. The summed E-state index contributed by atoms with van der Waals surface area (Å²) >= 11 is 0. The number of rotatable bonds is 9. The number of hydrogen-bond donors (Lipinski definition) is 1. The molecule has 0 aliphatic heterocycles. The van der Waals surface area contributed by atoms with Crippen LogP contribution in [0.2, 0.25) is 0 Å². The predicted molar refractivity (Wildman–Crippen MR) is 118 cm³/mol. The number of para-hydroxylation sites is 2. The van der Waals surface area contributed by atoms with Gasteiger partial charge in [-0.25, -0.2) is 8.42 Å². The van der Waals surface area contributed by atoms with Crippen molar-refractivity contribution in [2.75, 3.05) is 11.8 Å². The maximum Gasteiger partial charge on any atom is 0.262 e. The summed E-state index contributed by atoms with van der Waals surface area (Å²) in [6.45, 7) is 6.39. The number of nitrogens with one attached hydrogen (secondary N) is 1. The molecule has 3 rings (SSSR count). The third kappa shape index (κ3) is 4.78. The van der Waals surface area contributed by atoms with E-state index in [1.54, 1.807) is 36.4 Å². The lowest BCUT2D eigenvalue weighted by atomic mass is 9.98. The molecule has 0 bridgehead atoms. The van der Waals surface area contributed by atoms with Crippen LogP contribution in [0.3, 0.4) is 0 Å². The number of anilines is 1. The summed E-state index contributed by atoms with van der Waals surface area (Å²) in [4.78, 5) is 15.2. The molecule has 6 nitrogen and oxygen atoms in total. The van der Waals surface area contributed by atoms with Crippen LogP contribution in [-0.4, -0.2) is 38.4 Å². The monoisotopic (exact) mass is 430 g/mol. The summed E-state index contributed by atoms with van der Waals surface area (Å²) in [5.74, 6) is 0.804. The molecule has 2 unspecified atom stereocenters. The molecule has 2 aromatic rings. The van der Waals surface area contributed by atoms with Gasteiger partial charge in [0.25, 0.3) is 15.9 Å². The highest BCUT2D eigenvalue weighted by Crippen LogP contribution is 2.33. The van der Waals surface area contributed by atoms with Crippen molar-refractivity contribution in [1.29, 1.82) is 0 Å². The molecule has 0 radical (unpaired) electrons. The molecule has 30 heavy (non-hydrogen) atoms. The van der Waals surface area contributed by atoms with Crippen LogP contribution in [0.5, 0.6) is 5.75 Å². The fraction of sp³-hybridized carbons (Fsp3) is 0.435. The number of carbonyl (C=O) groups excluding carboxylic acids is 1. The quantitative estimate of drug-likeness (QED) is 0.634. The van der Waals surface area contributed by atoms with E-state index in [1.165, 1.54) is 19.2 Å². The van der Waals surface area contributed by atoms with E-state index in [-0.39, 0.29) is 22.9 Å². The summed E-state index contributed by atoms with van der Waals surface area (Å²) in [5.41, 5.74) is 0.871. The molecule has 1 aliphatic carbocycles. The lowest BCUT2D eigenvalue weighted by Crippen LogP contribution is -2.43. The first kappa shape index (κ1) is 22.2. The van der Waals surface area contributed by atoms with Crippen LogP contribution >= 0.6 is 0 Å². The van der Waals surface area contributed by atoms with Crippen LogP contribution in [0.1, 0.15) is 50.4 Å². The number of sulfonamides is 1. The van der Waals surface area contributed by atoms with Crippen molar-refractivity contribution in [2.45, 2.75) is 57.0 Å². The third-order valence-electron chi connectivity index (χ3n) is 5.84. The van der Waals surface area contributed by atoms with Gasteiger partial charge in [0.1, 0.15) is 5.75 Å². The highest BCUT2D eigenvalue weighted by Gasteiger charge is 2.37. The second-order valence-electron chi connectivity index (χ2n) is 7.90. The molecule has 1 saturated carbocycles. The molecule has 1 N–H and O–H groups in total. The number of nitrogens with zero attached hydrogens (tertiary/aromatic N) is 1. The smallest absolute Gasteiger partial charge is 0.262 e. The van der Waals surface area contributed by atoms with Crippen molar-refractivity contribution in [2.24, 2.45) is 5.92 Å². The first-order valence-corrected chi connectivity index (χ1v) is 11.8. The van der Waals surface area contributed by atoms with Gasteiger partial charge in [0, 0.05) is 17.6 Å². The van der Waals surface area contributed by atoms with Crippen LogP contribution in [0.4, 0.5) is 5.69 Å². The molecule has 1 amide bonds. The molecule has 1 fully saturated rings. The van der Waals surface area contributed by atoms with E-state index in [1.807, 2.05) is 4.90 Å². The zero-order chi connectivity index (χ0) is 21.9. The van der Waals surface area contributed by atoms with E-state index in [9.17, 15) is 13.2 Å². The van der Waals surface area contributed by atoms with Gasteiger partial charge in [0.05, 0.1) is 17.7 Å². The van der Waals surface area contributed by atoms with Gasteiger partial charge in [0.2, 0.25) is 0 Å². The Hall–Kier alpha value is -2.54. The van der Waals surface area contributed by atoms with Crippen molar-refractivity contribution in [1.82, 2.24) is 4.90 Å². The maximum absolute atomic E-state index is 13.2. The minimum atomic E-state index is -3.80. The van der Waals surface area contributed by atoms with Gasteiger partial charge >= 0.3 is 0 Å². The Labute approximate surface area is 179 Å². The average molecular weight is 431 g/mol. The van der Waals surface area contributed by atoms with Gasteiger partial charge in [-0.15, -0.1) is 0 Å². The Morgan fingerprint density at radius 1 is 1.13 bits per heavy atom. The topological polar surface area (TPSA) is 75.7 Å². The summed E-state index contributed by atoms with van der Waals surface area (Å²) in [6.07, 6.45) is 3.06. The van der Waals surface area contributed by atoms with Crippen molar-refractivity contribution in [3.8, 4) is 5.75 Å². The van der Waals surface area contributed by atoms with E-state index >= 15 is 0 Å². The number of benzene rings is 2. The SMILES string of the molecule is CCC(C)C(C)N(C(=O)c1ccc(S(=O)(=O)Nc2ccccc2OC)cc1)C1CC1. The zero-order valence-corrected chi connectivity index (χ0v) is 18.8. The van der Waals surface area contributed by atoms with Crippen molar-refractivity contribution in [3.05, 3.63) is 54.1 Å². The molecule has 7 heteroatoms. The van der Waals surface area contributed by atoms with Crippen LogP contribution in [0.25, 0.3) is 0 Å². The zero-order valence-electron chi connectivity index (χ0n) is 18.0. The largest absolute Gasteiger partial charge is 0.495 e. The first-order valence-electron chi connectivity index (χ1n) is 10.4. The molecule has 0 heterocycles. The summed E-state index contributed by atoms with van der Waals surface area (Å²) in [5, 5.41) is 0. The fourth-order valence-electron chi connectivity index (χ4n) is 3.51. The maximum atomic E-state index is 13.2. The predicted octanol–water partition coefficient (Wildman–Crippen LogP) is 4.54. The first-order chi connectivity index (χ1) is 14.3. The van der Waals surface area contributed by atoms with Crippen LogP contribution in [0, 0.1) is 5.92 Å². The molecule has 2 atom stereocenters. The minimum Gasteiger partial charge on any atom is -0.495 e. The van der Waals surface area contributed by atoms with Crippen LogP contribution in [-0.2, 0) is 10.0 Å². The van der Waals surface area contributed by atoms with Gasteiger partial charge in [0.15, 0.2) is 0 Å². The van der Waals surface area contributed by atoms with Gasteiger partial charge in [-0.2, -0.15) is 0 Å². The van der Waals surface area contributed by atoms with E-state index < -0.39 is 10.0 Å². The van der Waals surface area contributed by atoms with E-state index in [0.29, 0.717) is 22.9 Å². The lowest BCUT2D eigenvalue weighted by Gasteiger charge is -2.33. The second-order valence-corrected chi connectivity index (χ2v) is 9.58. The van der Waals surface area contributed by atoms with Crippen molar-refractivity contribution < 1.29 is 17.9 Å². The standard InChI is InChI=1S/C23H30N2O4S/c1-5-16(2)17(3)25(19-12-13-19)23(26)18-10-14-20(15-11-18)30(27,28)24-21-8-6-7-9-22(21)29-4/h6-11,14-17,19,24H,5,12-13H2,1-4H3. The second kappa shape index (κ2) is 9.08. The van der Waals surface area contributed by atoms with Gasteiger partial charge < -0.3 is 9.64 Å². The number of methoxy groups -OCH3 is 1. The Bertz CT molecular complexity index is 985. The molecule has 0 saturated heterocycles. The summed E-state index contributed by atoms with van der Waals surface area (Å²) < 4.78 is 33.3. The number of amides is 1. The number of ether oxygens (including phenoxy) is 1. The Kier molecular flexibility index (Phi) is 6.71. The van der Waals surface area contributed by atoms with Crippen molar-refractivity contribution >= 4 is 21.6 Å². The Balaban J connectivity index is 1.80. The van der Waals surface area contributed by atoms with E-state index in [0.717, 1.165) is 19.3 Å². The van der Waals surface area contributed by atoms with Crippen LogP contribution < -0.4 is 9.46 Å². The minimum absolute atomic E-state index is 0.0352. The summed E-state index contributed by atoms with van der Waals surface area (Å²) in [6, 6.07) is 13.4. The Morgan fingerprint density at radius 2 is 1.77 bits per heavy atom. The van der Waals surface area contributed by atoms with Gasteiger partial charge in [-0.3, -0.25) is 9.52 Å². The Morgan fingerprint density at radius 3 is 2.33 bits per heavy atom. The highest BCUT2D eigenvalue weighted by molar-refractivity contribution is 7.92. The van der Waals surface area contributed by atoms with Gasteiger partial charge in [-0.1, -0.05) is 32.4 Å². The average Bonchev–Trinajstić information content (AvgIpc) is 3.58. The molecule has 2 aromatic carbocycles. The molecule has 0 spiro atoms. The normalized spacial score (nSPS) is 15.9. The molecule has 1 aliphatic rings. The number of carbonyl (C=O) groups is 1. The molecular formula is C23H30N2O4S. The highest BCUT2D eigenvalue weighted by atomic mass is 32.2. The number of hydrogen-bond acceptors (Lipinski definition) is 4. The van der Waals surface area contributed by atoms with Crippen LogP contribution in [0.15, 0.2) is 53.4 Å².